The SMILES string of the molecule is O=C(CCn1c(=O)oc2ccccc21)Nc1ccc2c(c1)CC1(C2)NC(=O)NC1=O. The number of hydrogen-bond donors (Lipinski definition) is 3. The van der Waals surface area contributed by atoms with Crippen LogP contribution in [0.25, 0.3) is 11.1 Å². The summed E-state index contributed by atoms with van der Waals surface area (Å²) in [5.41, 5.74) is 2.66. The molecule has 0 saturated carbocycles. The highest BCUT2D eigenvalue weighted by Crippen LogP contribution is 2.33. The monoisotopic (exact) mass is 406 g/mol. The van der Waals surface area contributed by atoms with Crippen LogP contribution >= 0.6 is 0 Å². The number of urea groups is 1. The molecule has 2 aromatic carbocycles. The van der Waals surface area contributed by atoms with E-state index in [1.165, 1.54) is 4.57 Å². The van der Waals surface area contributed by atoms with Crippen molar-refractivity contribution in [2.24, 2.45) is 0 Å². The Bertz CT molecular complexity index is 1270. The van der Waals surface area contributed by atoms with Gasteiger partial charge in [0.1, 0.15) is 5.54 Å². The molecule has 152 valence electrons. The zero-order valence-electron chi connectivity index (χ0n) is 15.9. The number of fused-ring (bicyclic) bond motifs is 2. The number of oxazole rings is 1. The van der Waals surface area contributed by atoms with Gasteiger partial charge in [-0.3, -0.25) is 19.5 Å². The summed E-state index contributed by atoms with van der Waals surface area (Å²) in [6, 6.07) is 12.0. The normalized spacial score (nSPS) is 19.7. The number of nitrogens with one attached hydrogen (secondary N) is 3. The first-order valence-electron chi connectivity index (χ1n) is 9.57. The molecular formula is C21H18N4O5. The molecule has 30 heavy (non-hydrogen) atoms. The minimum Gasteiger partial charge on any atom is -0.408 e. The Morgan fingerprint density at radius 3 is 2.70 bits per heavy atom. The molecule has 1 spiro atoms. The van der Waals surface area contributed by atoms with Crippen LogP contribution in [0.2, 0.25) is 0 Å². The number of carbonyl (C=O) groups is 3. The number of anilines is 1. The van der Waals surface area contributed by atoms with Crippen molar-refractivity contribution in [3.8, 4) is 0 Å². The number of hydrogen-bond acceptors (Lipinski definition) is 5. The van der Waals surface area contributed by atoms with Gasteiger partial charge in [-0.15, -0.1) is 0 Å². The molecule has 1 atom stereocenters. The zero-order chi connectivity index (χ0) is 20.9. The van der Waals surface area contributed by atoms with Crippen molar-refractivity contribution in [2.45, 2.75) is 31.3 Å². The Kier molecular flexibility index (Phi) is 3.99. The minimum absolute atomic E-state index is 0.100. The number of carbonyl (C=O) groups excluding carboxylic acids is 3. The lowest BCUT2D eigenvalue weighted by molar-refractivity contribution is -0.123. The molecule has 2 aliphatic rings. The van der Waals surface area contributed by atoms with Gasteiger partial charge in [-0.2, -0.15) is 0 Å². The van der Waals surface area contributed by atoms with Crippen LogP contribution in [0.4, 0.5) is 10.5 Å². The number of benzene rings is 2. The van der Waals surface area contributed by atoms with Crippen LogP contribution in [0.3, 0.4) is 0 Å². The summed E-state index contributed by atoms with van der Waals surface area (Å²) in [6.45, 7) is 0.196. The molecule has 1 aliphatic heterocycles. The van der Waals surface area contributed by atoms with Gasteiger partial charge in [0.25, 0.3) is 5.91 Å². The Labute approximate surface area is 170 Å². The van der Waals surface area contributed by atoms with Crippen LogP contribution in [0, 0.1) is 0 Å². The van der Waals surface area contributed by atoms with Crippen molar-refractivity contribution >= 4 is 34.6 Å². The second-order valence-electron chi connectivity index (χ2n) is 7.61. The largest absolute Gasteiger partial charge is 0.419 e. The molecule has 0 radical (unpaired) electrons. The third kappa shape index (κ3) is 2.95. The summed E-state index contributed by atoms with van der Waals surface area (Å²) in [5.74, 6) is -1.07. The molecule has 1 unspecified atom stereocenters. The quantitative estimate of drug-likeness (QED) is 0.564. The van der Waals surface area contributed by atoms with Crippen molar-refractivity contribution in [1.29, 1.82) is 0 Å². The molecule has 3 aromatic rings. The first kappa shape index (κ1) is 18.2. The van der Waals surface area contributed by atoms with E-state index in [1.54, 1.807) is 30.3 Å². The van der Waals surface area contributed by atoms with E-state index in [0.717, 1.165) is 11.1 Å². The van der Waals surface area contributed by atoms with Crippen LogP contribution in [0.15, 0.2) is 51.7 Å². The molecule has 2 heterocycles. The minimum atomic E-state index is -0.939. The molecule has 0 bridgehead atoms. The lowest BCUT2D eigenvalue weighted by Gasteiger charge is -2.18. The maximum Gasteiger partial charge on any atom is 0.419 e. The van der Waals surface area contributed by atoms with E-state index >= 15 is 0 Å². The summed E-state index contributed by atoms with van der Waals surface area (Å²) in [7, 11) is 0. The number of amides is 4. The van der Waals surface area contributed by atoms with E-state index in [4.69, 9.17) is 4.42 Å². The fraction of sp³-hybridized carbons (Fsp3) is 0.238. The molecule has 3 N–H and O–H groups in total. The van der Waals surface area contributed by atoms with Gasteiger partial charge >= 0.3 is 11.8 Å². The van der Waals surface area contributed by atoms with Crippen LogP contribution in [-0.2, 0) is 29.0 Å². The zero-order valence-corrected chi connectivity index (χ0v) is 15.9. The molecule has 9 nitrogen and oxygen atoms in total. The van der Waals surface area contributed by atoms with Gasteiger partial charge in [0.05, 0.1) is 5.52 Å². The maximum absolute atomic E-state index is 12.4. The van der Waals surface area contributed by atoms with Crippen LogP contribution in [-0.4, -0.2) is 28.0 Å². The molecule has 1 aliphatic carbocycles. The molecular weight excluding hydrogens is 388 g/mol. The van der Waals surface area contributed by atoms with Gasteiger partial charge in [0, 0.05) is 31.5 Å². The van der Waals surface area contributed by atoms with E-state index in [2.05, 4.69) is 16.0 Å². The van der Waals surface area contributed by atoms with Crippen LogP contribution < -0.4 is 21.7 Å². The number of aryl methyl sites for hydroxylation is 1. The van der Waals surface area contributed by atoms with Gasteiger partial charge in [-0.05, 0) is 35.4 Å². The second-order valence-corrected chi connectivity index (χ2v) is 7.61. The number of aromatic nitrogens is 1. The lowest BCUT2D eigenvalue weighted by atomic mass is 9.96. The van der Waals surface area contributed by atoms with Crippen molar-refractivity contribution < 1.29 is 18.8 Å². The van der Waals surface area contributed by atoms with Crippen molar-refractivity contribution in [3.05, 3.63) is 64.1 Å². The highest BCUT2D eigenvalue weighted by molar-refractivity contribution is 6.07. The standard InChI is InChI=1S/C21H18N4O5/c26-17(7-8-25-15-3-1-2-4-16(15)30-20(25)29)22-14-6-5-12-10-21(11-13(12)9-14)18(27)23-19(28)24-21/h1-6,9H,7-8,10-11H2,(H,22,26)(H2,23,24,27,28). The Morgan fingerprint density at radius 2 is 1.90 bits per heavy atom. The van der Waals surface area contributed by atoms with Gasteiger partial charge < -0.3 is 15.1 Å². The Balaban J connectivity index is 1.27. The first-order valence-corrected chi connectivity index (χ1v) is 9.57. The first-order chi connectivity index (χ1) is 14.4. The molecule has 1 aromatic heterocycles. The number of para-hydroxylation sites is 2. The van der Waals surface area contributed by atoms with E-state index in [-0.39, 0.29) is 24.8 Å². The predicted molar refractivity (Wildman–Crippen MR) is 107 cm³/mol. The summed E-state index contributed by atoms with van der Waals surface area (Å²) < 4.78 is 6.61. The fourth-order valence-electron chi connectivity index (χ4n) is 4.19. The van der Waals surface area contributed by atoms with Crippen LogP contribution in [0.5, 0.6) is 0 Å². The maximum atomic E-state index is 12.4. The summed E-state index contributed by atoms with van der Waals surface area (Å²) >= 11 is 0. The molecule has 9 heteroatoms. The van der Waals surface area contributed by atoms with E-state index in [9.17, 15) is 19.2 Å². The van der Waals surface area contributed by atoms with Crippen molar-refractivity contribution in [3.63, 3.8) is 0 Å². The summed E-state index contributed by atoms with van der Waals surface area (Å²) in [5, 5.41) is 7.83. The second kappa shape index (κ2) is 6.58. The van der Waals surface area contributed by atoms with E-state index in [1.807, 2.05) is 12.1 Å². The average Bonchev–Trinajstić information content (AvgIpc) is 3.31. The average molecular weight is 406 g/mol. The fourth-order valence-corrected chi connectivity index (χ4v) is 4.19. The highest BCUT2D eigenvalue weighted by Gasteiger charge is 2.49. The van der Waals surface area contributed by atoms with Crippen molar-refractivity contribution in [1.82, 2.24) is 15.2 Å². The number of rotatable bonds is 4. The highest BCUT2D eigenvalue weighted by atomic mass is 16.4. The number of nitrogens with zero attached hydrogens (tertiary/aromatic N) is 1. The van der Waals surface area contributed by atoms with Gasteiger partial charge in [0.15, 0.2) is 5.58 Å². The van der Waals surface area contributed by atoms with Gasteiger partial charge in [-0.25, -0.2) is 9.59 Å². The van der Waals surface area contributed by atoms with Crippen LogP contribution in [0.1, 0.15) is 17.5 Å². The van der Waals surface area contributed by atoms with Crippen molar-refractivity contribution in [2.75, 3.05) is 5.32 Å². The topological polar surface area (TPSA) is 122 Å². The third-order valence-electron chi connectivity index (χ3n) is 5.63. The van der Waals surface area contributed by atoms with E-state index in [0.29, 0.717) is 29.6 Å². The molecule has 4 amide bonds. The molecule has 5 rings (SSSR count). The summed E-state index contributed by atoms with van der Waals surface area (Å²) in [4.78, 5) is 48.1. The molecule has 1 fully saturated rings. The summed E-state index contributed by atoms with van der Waals surface area (Å²) in [6.07, 6.45) is 0.896. The molecule has 1 saturated heterocycles. The van der Waals surface area contributed by atoms with Gasteiger partial charge in [-0.1, -0.05) is 18.2 Å². The van der Waals surface area contributed by atoms with Gasteiger partial charge in [0.2, 0.25) is 5.91 Å². The van der Waals surface area contributed by atoms with E-state index < -0.39 is 17.3 Å². The predicted octanol–water partition coefficient (Wildman–Crippen LogP) is 1.30. The third-order valence-corrected chi connectivity index (χ3v) is 5.63. The Morgan fingerprint density at radius 1 is 1.10 bits per heavy atom. The Hall–Kier alpha value is -3.88. The number of imide groups is 1. The smallest absolute Gasteiger partial charge is 0.408 e. The lowest BCUT2D eigenvalue weighted by Crippen LogP contribution is -2.47.